The van der Waals surface area contributed by atoms with Crippen molar-refractivity contribution in [2.24, 2.45) is 0 Å². The minimum absolute atomic E-state index is 0.534. The zero-order chi connectivity index (χ0) is 14.9. The summed E-state index contributed by atoms with van der Waals surface area (Å²) in [6.07, 6.45) is 4.02. The molecule has 0 unspecified atom stereocenters. The van der Waals surface area contributed by atoms with Gasteiger partial charge in [-0.3, -0.25) is 0 Å². The van der Waals surface area contributed by atoms with Crippen molar-refractivity contribution in [1.29, 1.82) is 0 Å². The zero-order valence-electron chi connectivity index (χ0n) is 12.2. The molecule has 2 rings (SSSR count). The van der Waals surface area contributed by atoms with Gasteiger partial charge in [-0.1, -0.05) is 48.6 Å². The second-order valence-corrected chi connectivity index (χ2v) is 4.86. The lowest BCUT2D eigenvalue weighted by molar-refractivity contribution is 0.269. The van der Waals surface area contributed by atoms with Crippen LogP contribution >= 0.6 is 12.6 Å². The molecule has 3 heteroatoms. The molecule has 21 heavy (non-hydrogen) atoms. The Labute approximate surface area is 131 Å². The van der Waals surface area contributed by atoms with Crippen molar-refractivity contribution >= 4 is 18.7 Å². The van der Waals surface area contributed by atoms with E-state index in [2.05, 4.69) is 12.6 Å². The lowest BCUT2D eigenvalue weighted by atomic mass is 10.2. The van der Waals surface area contributed by atoms with Gasteiger partial charge in [-0.2, -0.15) is 12.6 Å². The summed E-state index contributed by atoms with van der Waals surface area (Å²) in [5.41, 5.74) is 2.22. The average Bonchev–Trinajstić information content (AvgIpc) is 2.53. The molecule has 0 heterocycles. The van der Waals surface area contributed by atoms with Crippen LogP contribution < -0.4 is 9.47 Å². The molecule has 2 aromatic carbocycles. The van der Waals surface area contributed by atoms with Crippen LogP contribution in [0.2, 0.25) is 0 Å². The van der Waals surface area contributed by atoms with Crippen molar-refractivity contribution in [2.45, 2.75) is 13.5 Å². The predicted molar refractivity (Wildman–Crippen MR) is 91.3 cm³/mol. The van der Waals surface area contributed by atoms with E-state index in [0.29, 0.717) is 13.2 Å². The van der Waals surface area contributed by atoms with Crippen LogP contribution in [0.1, 0.15) is 18.1 Å². The molecule has 0 aliphatic carbocycles. The summed E-state index contributed by atoms with van der Waals surface area (Å²) in [5.74, 6) is 2.26. The molecule has 110 valence electrons. The van der Waals surface area contributed by atoms with E-state index < -0.39 is 0 Å². The first-order chi connectivity index (χ1) is 10.3. The Kier molecular flexibility index (Phi) is 6.22. The number of hydrogen-bond donors (Lipinski definition) is 1. The lowest BCUT2D eigenvalue weighted by Gasteiger charge is -2.12. The number of hydrogen-bond acceptors (Lipinski definition) is 3. The summed E-state index contributed by atoms with van der Waals surface area (Å²) >= 11 is 4.17. The van der Waals surface area contributed by atoms with Crippen LogP contribution in [0.15, 0.2) is 54.6 Å². The van der Waals surface area contributed by atoms with E-state index in [9.17, 15) is 0 Å². The fourth-order valence-corrected chi connectivity index (χ4v) is 2.05. The van der Waals surface area contributed by atoms with Gasteiger partial charge in [-0.15, -0.1) is 0 Å². The van der Waals surface area contributed by atoms with Crippen molar-refractivity contribution in [1.82, 2.24) is 0 Å². The molecule has 2 nitrogen and oxygen atoms in total. The standard InChI is InChI=1S/C18H20O2S/c1-2-19-18-13-15(9-6-12-21)10-11-17(18)20-14-16-7-4-3-5-8-16/h3-11,13,21H,2,12,14H2,1H3. The van der Waals surface area contributed by atoms with Crippen molar-refractivity contribution in [3.8, 4) is 11.5 Å². The van der Waals surface area contributed by atoms with Crippen molar-refractivity contribution in [2.75, 3.05) is 12.4 Å². The molecule has 0 N–H and O–H groups in total. The maximum atomic E-state index is 5.87. The van der Waals surface area contributed by atoms with Crippen LogP contribution in [-0.2, 0) is 6.61 Å². The first-order valence-corrected chi connectivity index (χ1v) is 7.67. The van der Waals surface area contributed by atoms with E-state index in [-0.39, 0.29) is 0 Å². The van der Waals surface area contributed by atoms with Gasteiger partial charge in [-0.05, 0) is 30.2 Å². The third kappa shape index (κ3) is 4.87. The molecule has 0 spiro atoms. The average molecular weight is 300 g/mol. The van der Waals surface area contributed by atoms with Gasteiger partial charge in [0.25, 0.3) is 0 Å². The molecule has 0 saturated heterocycles. The molecule has 0 aromatic heterocycles. The summed E-state index contributed by atoms with van der Waals surface area (Å²) in [5, 5.41) is 0. The molecule has 0 saturated carbocycles. The molecular weight excluding hydrogens is 280 g/mol. The fourth-order valence-electron chi connectivity index (χ4n) is 1.94. The summed E-state index contributed by atoms with van der Waals surface area (Å²) in [7, 11) is 0. The van der Waals surface area contributed by atoms with Gasteiger partial charge >= 0.3 is 0 Å². The molecule has 0 aliphatic rings. The molecule has 0 amide bonds. The predicted octanol–water partition coefficient (Wildman–Crippen LogP) is 4.61. The van der Waals surface area contributed by atoms with Crippen molar-refractivity contribution < 1.29 is 9.47 Å². The monoisotopic (exact) mass is 300 g/mol. The Morgan fingerprint density at radius 1 is 1.00 bits per heavy atom. The van der Waals surface area contributed by atoms with Gasteiger partial charge in [0.1, 0.15) is 6.61 Å². The van der Waals surface area contributed by atoms with Crippen LogP contribution in [0.5, 0.6) is 11.5 Å². The summed E-state index contributed by atoms with van der Waals surface area (Å²) in [4.78, 5) is 0. The van der Waals surface area contributed by atoms with Gasteiger partial charge in [0.15, 0.2) is 11.5 Å². The van der Waals surface area contributed by atoms with E-state index >= 15 is 0 Å². The van der Waals surface area contributed by atoms with Gasteiger partial charge in [0, 0.05) is 5.75 Å². The topological polar surface area (TPSA) is 18.5 Å². The summed E-state index contributed by atoms with van der Waals surface area (Å²) in [6, 6.07) is 16.1. The van der Waals surface area contributed by atoms with Gasteiger partial charge < -0.3 is 9.47 Å². The maximum absolute atomic E-state index is 5.87. The van der Waals surface area contributed by atoms with E-state index in [0.717, 1.165) is 28.4 Å². The Balaban J connectivity index is 2.12. The second-order valence-electron chi connectivity index (χ2n) is 4.50. The van der Waals surface area contributed by atoms with Crippen LogP contribution in [0.25, 0.3) is 6.08 Å². The fraction of sp³-hybridized carbons (Fsp3) is 0.222. The third-order valence-electron chi connectivity index (χ3n) is 2.92. The highest BCUT2D eigenvalue weighted by atomic mass is 32.1. The number of thiol groups is 1. The number of benzene rings is 2. The van der Waals surface area contributed by atoms with Crippen LogP contribution in [0.4, 0.5) is 0 Å². The molecule has 0 atom stereocenters. The quantitative estimate of drug-likeness (QED) is 0.753. The third-order valence-corrected chi connectivity index (χ3v) is 3.13. The van der Waals surface area contributed by atoms with Crippen molar-refractivity contribution in [3.05, 3.63) is 65.7 Å². The molecule has 0 bridgehead atoms. The highest BCUT2D eigenvalue weighted by Gasteiger charge is 2.06. The van der Waals surface area contributed by atoms with E-state index in [1.54, 1.807) is 0 Å². The number of ether oxygens (including phenoxy) is 2. The first kappa shape index (κ1) is 15.5. The second kappa shape index (κ2) is 8.42. The van der Waals surface area contributed by atoms with Crippen molar-refractivity contribution in [3.63, 3.8) is 0 Å². The largest absolute Gasteiger partial charge is 0.490 e. The first-order valence-electron chi connectivity index (χ1n) is 7.04. The minimum atomic E-state index is 0.534. The molecule has 0 fully saturated rings. The lowest BCUT2D eigenvalue weighted by Crippen LogP contribution is -1.99. The van der Waals surface area contributed by atoms with Gasteiger partial charge in [0.2, 0.25) is 0 Å². The summed E-state index contributed by atoms with van der Waals surface area (Å²) < 4.78 is 11.5. The molecule has 0 aliphatic heterocycles. The highest BCUT2D eigenvalue weighted by Crippen LogP contribution is 2.29. The Morgan fingerprint density at radius 2 is 1.81 bits per heavy atom. The molecular formula is C18H20O2S. The van der Waals surface area contributed by atoms with Gasteiger partial charge in [-0.25, -0.2) is 0 Å². The minimum Gasteiger partial charge on any atom is -0.490 e. The normalized spacial score (nSPS) is 10.8. The SMILES string of the molecule is CCOc1cc(C=CCS)ccc1OCc1ccccc1. The van der Waals surface area contributed by atoms with E-state index in [1.165, 1.54) is 0 Å². The number of rotatable bonds is 7. The summed E-state index contributed by atoms with van der Waals surface area (Å²) in [6.45, 7) is 3.12. The molecule has 0 radical (unpaired) electrons. The Hall–Kier alpha value is -1.87. The van der Waals surface area contributed by atoms with Crippen LogP contribution in [0.3, 0.4) is 0 Å². The highest BCUT2D eigenvalue weighted by molar-refractivity contribution is 7.80. The zero-order valence-corrected chi connectivity index (χ0v) is 13.1. The van der Waals surface area contributed by atoms with E-state index in [1.807, 2.05) is 67.6 Å². The van der Waals surface area contributed by atoms with Crippen LogP contribution in [-0.4, -0.2) is 12.4 Å². The smallest absolute Gasteiger partial charge is 0.161 e. The van der Waals surface area contributed by atoms with E-state index in [4.69, 9.17) is 9.47 Å². The maximum Gasteiger partial charge on any atom is 0.161 e. The van der Waals surface area contributed by atoms with Crippen LogP contribution in [0, 0.1) is 0 Å². The molecule has 2 aromatic rings. The Morgan fingerprint density at radius 3 is 2.52 bits per heavy atom. The van der Waals surface area contributed by atoms with Gasteiger partial charge in [0.05, 0.1) is 6.61 Å². The Bertz CT molecular complexity index is 579.